The number of halogens is 1. The van der Waals surface area contributed by atoms with Crippen molar-refractivity contribution in [1.82, 2.24) is 15.5 Å². The highest BCUT2D eigenvalue weighted by Gasteiger charge is 2.22. The van der Waals surface area contributed by atoms with E-state index >= 15 is 0 Å². The largest absolute Gasteiger partial charge is 0.368 e. The average molecular weight is 499 g/mol. The predicted molar refractivity (Wildman–Crippen MR) is 127 cm³/mol. The Morgan fingerprint density at radius 2 is 1.71 bits per heavy atom. The molecule has 0 unspecified atom stereocenters. The molecule has 1 aliphatic heterocycles. The molecule has 0 aromatic heterocycles. The first-order valence-electron chi connectivity index (χ1n) is 10.2. The van der Waals surface area contributed by atoms with Crippen molar-refractivity contribution in [1.29, 1.82) is 0 Å². The van der Waals surface area contributed by atoms with Crippen LogP contribution in [-0.2, 0) is 4.79 Å². The molecule has 7 heteroatoms. The summed E-state index contributed by atoms with van der Waals surface area (Å²) in [7, 11) is 1.77. The summed E-state index contributed by atoms with van der Waals surface area (Å²) in [5, 5.41) is 6.67. The Bertz CT molecular complexity index is 623. The van der Waals surface area contributed by atoms with Crippen molar-refractivity contribution >= 4 is 41.5 Å². The molecule has 1 amide bonds. The minimum absolute atomic E-state index is 0. The van der Waals surface area contributed by atoms with Gasteiger partial charge in [0, 0.05) is 45.0 Å². The van der Waals surface area contributed by atoms with E-state index in [1.54, 1.807) is 7.05 Å². The van der Waals surface area contributed by atoms with E-state index in [-0.39, 0.29) is 29.9 Å². The summed E-state index contributed by atoms with van der Waals surface area (Å²) in [6, 6.07) is 10.9. The van der Waals surface area contributed by atoms with Crippen LogP contribution in [0, 0.1) is 5.92 Å². The summed E-state index contributed by atoms with van der Waals surface area (Å²) < 4.78 is 0. The van der Waals surface area contributed by atoms with Crippen molar-refractivity contribution < 1.29 is 4.79 Å². The van der Waals surface area contributed by atoms with Crippen LogP contribution in [0.2, 0.25) is 0 Å². The number of piperazine rings is 1. The van der Waals surface area contributed by atoms with E-state index in [2.05, 4.69) is 51.7 Å². The lowest BCUT2D eigenvalue weighted by Gasteiger charge is -2.36. The molecule has 1 aromatic rings. The molecule has 2 aliphatic rings. The number of nitrogens with one attached hydrogen (secondary N) is 2. The normalized spacial score (nSPS) is 23.0. The van der Waals surface area contributed by atoms with Gasteiger partial charge in [-0.3, -0.25) is 9.79 Å². The Morgan fingerprint density at radius 3 is 2.32 bits per heavy atom. The van der Waals surface area contributed by atoms with Gasteiger partial charge in [-0.05, 0) is 43.7 Å². The summed E-state index contributed by atoms with van der Waals surface area (Å²) in [6.45, 7) is 5.91. The summed E-state index contributed by atoms with van der Waals surface area (Å²) in [6.07, 6.45) is 4.88. The van der Waals surface area contributed by atoms with Crippen molar-refractivity contribution in [3.63, 3.8) is 0 Å². The molecule has 6 nitrogen and oxygen atoms in total. The van der Waals surface area contributed by atoms with E-state index in [1.165, 1.54) is 31.4 Å². The number of benzene rings is 1. The number of aliphatic imine (C=N–C) groups is 1. The van der Waals surface area contributed by atoms with Crippen LogP contribution in [0.4, 0.5) is 5.69 Å². The first-order chi connectivity index (χ1) is 13.2. The highest BCUT2D eigenvalue weighted by atomic mass is 127. The molecular formula is C21H34IN5O. The zero-order valence-corrected chi connectivity index (χ0v) is 19.4. The summed E-state index contributed by atoms with van der Waals surface area (Å²) >= 11 is 0. The number of carbonyl (C=O) groups excluding carboxylic acids is 1. The quantitative estimate of drug-likeness (QED) is 0.380. The summed E-state index contributed by atoms with van der Waals surface area (Å²) in [5.41, 5.74) is 1.23. The molecule has 3 rings (SSSR count). The fourth-order valence-corrected chi connectivity index (χ4v) is 3.92. The fraction of sp³-hybridized carbons (Fsp3) is 0.619. The minimum atomic E-state index is 0. The van der Waals surface area contributed by atoms with Gasteiger partial charge in [-0.2, -0.15) is 0 Å². The topological polar surface area (TPSA) is 60.0 Å². The number of rotatable bonds is 4. The zero-order valence-electron chi connectivity index (χ0n) is 17.1. The Balaban J connectivity index is 0.00000280. The molecule has 2 fully saturated rings. The van der Waals surface area contributed by atoms with Crippen LogP contribution in [0.15, 0.2) is 35.3 Å². The maximum absolute atomic E-state index is 12.6. The zero-order chi connectivity index (χ0) is 19.1. The van der Waals surface area contributed by atoms with Crippen LogP contribution in [0.3, 0.4) is 0 Å². The van der Waals surface area contributed by atoms with Gasteiger partial charge in [0.05, 0.1) is 6.54 Å². The van der Waals surface area contributed by atoms with Crippen molar-refractivity contribution in [3.05, 3.63) is 30.3 Å². The van der Waals surface area contributed by atoms with Crippen molar-refractivity contribution in [2.24, 2.45) is 10.9 Å². The number of para-hydroxylation sites is 1. The lowest BCUT2D eigenvalue weighted by molar-refractivity contribution is -0.130. The Morgan fingerprint density at radius 1 is 1.07 bits per heavy atom. The number of guanidine groups is 1. The third kappa shape index (κ3) is 6.53. The van der Waals surface area contributed by atoms with Crippen LogP contribution in [0.25, 0.3) is 0 Å². The smallest absolute Gasteiger partial charge is 0.242 e. The molecule has 0 radical (unpaired) electrons. The Labute approximate surface area is 186 Å². The lowest BCUT2D eigenvalue weighted by Crippen LogP contribution is -2.53. The van der Waals surface area contributed by atoms with E-state index < -0.39 is 0 Å². The van der Waals surface area contributed by atoms with Crippen LogP contribution in [0.1, 0.15) is 32.6 Å². The highest BCUT2D eigenvalue weighted by Crippen LogP contribution is 2.23. The van der Waals surface area contributed by atoms with E-state index in [4.69, 9.17) is 0 Å². The minimum Gasteiger partial charge on any atom is -0.368 e. The number of hydrogen-bond donors (Lipinski definition) is 2. The highest BCUT2D eigenvalue weighted by molar-refractivity contribution is 14.0. The molecule has 28 heavy (non-hydrogen) atoms. The summed E-state index contributed by atoms with van der Waals surface area (Å²) in [4.78, 5) is 21.1. The number of hydrogen-bond acceptors (Lipinski definition) is 3. The summed E-state index contributed by atoms with van der Waals surface area (Å²) in [5.74, 6) is 1.71. The van der Waals surface area contributed by atoms with Gasteiger partial charge in [-0.25, -0.2) is 0 Å². The first-order valence-corrected chi connectivity index (χ1v) is 10.2. The van der Waals surface area contributed by atoms with Gasteiger partial charge in [0.25, 0.3) is 0 Å². The molecule has 2 N–H and O–H groups in total. The van der Waals surface area contributed by atoms with Gasteiger partial charge in [0.2, 0.25) is 5.91 Å². The third-order valence-corrected chi connectivity index (χ3v) is 5.74. The van der Waals surface area contributed by atoms with Crippen molar-refractivity contribution in [2.45, 2.75) is 38.6 Å². The molecular weight excluding hydrogens is 465 g/mol. The van der Waals surface area contributed by atoms with Crippen LogP contribution >= 0.6 is 24.0 Å². The fourth-order valence-electron chi connectivity index (χ4n) is 3.92. The number of amides is 1. The monoisotopic (exact) mass is 499 g/mol. The van der Waals surface area contributed by atoms with Crippen molar-refractivity contribution in [2.75, 3.05) is 44.7 Å². The lowest BCUT2D eigenvalue weighted by atomic mass is 9.87. The second-order valence-corrected chi connectivity index (χ2v) is 7.73. The van der Waals surface area contributed by atoms with E-state index in [1.807, 2.05) is 11.0 Å². The molecule has 0 spiro atoms. The predicted octanol–water partition coefficient (Wildman–Crippen LogP) is 2.70. The average Bonchev–Trinajstić information content (AvgIpc) is 2.73. The first kappa shape index (κ1) is 22.8. The van der Waals surface area contributed by atoms with E-state index in [9.17, 15) is 4.79 Å². The maximum atomic E-state index is 12.6. The number of anilines is 1. The SMILES string of the molecule is CN=C(NCC(=O)N1CCN(c2ccccc2)CC1)NC1CCC(C)CC1.I. The van der Waals surface area contributed by atoms with Crippen molar-refractivity contribution in [3.8, 4) is 0 Å². The van der Waals surface area contributed by atoms with Gasteiger partial charge < -0.3 is 20.4 Å². The molecule has 156 valence electrons. The Hall–Kier alpha value is -1.51. The van der Waals surface area contributed by atoms with Gasteiger partial charge >= 0.3 is 0 Å². The van der Waals surface area contributed by atoms with Crippen LogP contribution in [0.5, 0.6) is 0 Å². The van der Waals surface area contributed by atoms with E-state index in [0.29, 0.717) is 12.6 Å². The second-order valence-electron chi connectivity index (χ2n) is 7.73. The molecule has 1 heterocycles. The molecule has 1 aliphatic carbocycles. The van der Waals surface area contributed by atoms with Crippen LogP contribution < -0.4 is 15.5 Å². The molecule has 0 atom stereocenters. The third-order valence-electron chi connectivity index (χ3n) is 5.74. The molecule has 1 aromatic carbocycles. The van der Waals surface area contributed by atoms with E-state index in [0.717, 1.165) is 38.1 Å². The Kier molecular flexibility index (Phi) is 9.34. The standard InChI is InChI=1S/C21H33N5O.HI/c1-17-8-10-18(11-9-17)24-21(22-2)23-16-20(27)26-14-12-25(13-15-26)19-6-4-3-5-7-19;/h3-7,17-18H,8-16H2,1-2H3,(H2,22,23,24);1H. The van der Waals surface area contributed by atoms with Gasteiger partial charge in [-0.15, -0.1) is 24.0 Å². The maximum Gasteiger partial charge on any atom is 0.242 e. The molecule has 0 bridgehead atoms. The van der Waals surface area contributed by atoms with Gasteiger partial charge in [-0.1, -0.05) is 25.1 Å². The van der Waals surface area contributed by atoms with Gasteiger partial charge in [0.15, 0.2) is 5.96 Å². The van der Waals surface area contributed by atoms with Crippen LogP contribution in [-0.4, -0.2) is 62.6 Å². The molecule has 1 saturated heterocycles. The number of nitrogens with zero attached hydrogens (tertiary/aromatic N) is 3. The molecule has 1 saturated carbocycles. The van der Waals surface area contributed by atoms with Gasteiger partial charge in [0.1, 0.15) is 0 Å². The second kappa shape index (κ2) is 11.5. The number of carbonyl (C=O) groups is 1.